The zero-order valence-electron chi connectivity index (χ0n) is 11.1. The number of nitrogens with zero attached hydrogens (tertiary/aromatic N) is 1. The molecule has 0 radical (unpaired) electrons. The molecule has 1 aliphatic rings. The van der Waals surface area contributed by atoms with E-state index >= 15 is 0 Å². The van der Waals surface area contributed by atoms with Gasteiger partial charge in [-0.05, 0) is 25.8 Å². The van der Waals surface area contributed by atoms with Gasteiger partial charge in [0.25, 0.3) is 0 Å². The van der Waals surface area contributed by atoms with Crippen molar-refractivity contribution in [1.82, 2.24) is 4.90 Å². The predicted molar refractivity (Wildman–Crippen MR) is 72.0 cm³/mol. The van der Waals surface area contributed by atoms with Crippen LogP contribution in [0.25, 0.3) is 0 Å². The number of hydrogen-bond acceptors (Lipinski definition) is 4. The van der Waals surface area contributed by atoms with E-state index in [-0.39, 0.29) is 17.7 Å². The summed E-state index contributed by atoms with van der Waals surface area (Å²) in [6, 6.07) is 0.208. The van der Waals surface area contributed by atoms with Gasteiger partial charge in [-0.3, -0.25) is 4.79 Å². The molecule has 0 aromatic rings. The van der Waals surface area contributed by atoms with E-state index in [1.165, 1.54) is 6.42 Å². The van der Waals surface area contributed by atoms with Crippen molar-refractivity contribution in [2.75, 3.05) is 25.1 Å². The number of amides is 1. The molecule has 6 heteroatoms. The molecule has 106 valence electrons. The minimum absolute atomic E-state index is 0.208. The molecule has 0 aromatic heterocycles. The Hall–Kier alpha value is -0.620. The van der Waals surface area contributed by atoms with Gasteiger partial charge in [-0.2, -0.15) is 0 Å². The fourth-order valence-electron chi connectivity index (χ4n) is 2.47. The van der Waals surface area contributed by atoms with Gasteiger partial charge in [0.2, 0.25) is 5.91 Å². The Morgan fingerprint density at radius 3 is 2.39 bits per heavy atom. The van der Waals surface area contributed by atoms with Crippen LogP contribution in [0.1, 0.15) is 38.5 Å². The average Bonchev–Trinajstić information content (AvgIpc) is 2.28. The molecule has 0 heterocycles. The minimum Gasteiger partial charge on any atom is -0.339 e. The largest absolute Gasteiger partial charge is 0.339 e. The van der Waals surface area contributed by atoms with Gasteiger partial charge in [0.15, 0.2) is 9.84 Å². The molecule has 5 nitrogen and oxygen atoms in total. The van der Waals surface area contributed by atoms with Gasteiger partial charge in [0.1, 0.15) is 5.75 Å². The van der Waals surface area contributed by atoms with E-state index < -0.39 is 9.84 Å². The molecule has 1 rings (SSSR count). The van der Waals surface area contributed by atoms with Crippen molar-refractivity contribution in [3.05, 3.63) is 0 Å². The first-order valence-electron chi connectivity index (χ1n) is 6.61. The third-order valence-electron chi connectivity index (χ3n) is 3.32. The van der Waals surface area contributed by atoms with Gasteiger partial charge in [-0.15, -0.1) is 0 Å². The second-order valence-corrected chi connectivity index (χ2v) is 7.23. The van der Waals surface area contributed by atoms with E-state index in [0.29, 0.717) is 13.1 Å². The highest BCUT2D eigenvalue weighted by Gasteiger charge is 2.26. The van der Waals surface area contributed by atoms with Crippen LogP contribution < -0.4 is 5.73 Å². The molecule has 1 amide bonds. The maximum atomic E-state index is 12.1. The number of sulfone groups is 1. The second-order valence-electron chi connectivity index (χ2n) is 5.09. The summed E-state index contributed by atoms with van der Waals surface area (Å²) in [5.74, 6) is -0.647. The van der Waals surface area contributed by atoms with Crippen LogP contribution in [0.3, 0.4) is 0 Å². The summed E-state index contributed by atoms with van der Waals surface area (Å²) in [6.07, 6.45) is 7.26. The summed E-state index contributed by atoms with van der Waals surface area (Å²) in [7, 11) is -3.25. The standard InChI is InChI=1S/C12H24N2O3S/c1-18(16,17)10-12(15)14(9-5-8-13)11-6-3-2-4-7-11/h11H,2-10,13H2,1H3. The van der Waals surface area contributed by atoms with Gasteiger partial charge >= 0.3 is 0 Å². The number of hydrogen-bond donors (Lipinski definition) is 1. The summed E-state index contributed by atoms with van der Waals surface area (Å²) in [4.78, 5) is 13.8. The molecule has 0 unspecified atom stereocenters. The van der Waals surface area contributed by atoms with Crippen LogP contribution in [0.15, 0.2) is 0 Å². The fourth-order valence-corrected chi connectivity index (χ4v) is 3.09. The van der Waals surface area contributed by atoms with Crippen LogP contribution in [-0.4, -0.2) is 50.4 Å². The van der Waals surface area contributed by atoms with Gasteiger partial charge in [0.05, 0.1) is 0 Å². The van der Waals surface area contributed by atoms with E-state index in [2.05, 4.69) is 0 Å². The zero-order chi connectivity index (χ0) is 13.6. The minimum atomic E-state index is -3.25. The summed E-state index contributed by atoms with van der Waals surface area (Å²) in [5, 5.41) is 0. The van der Waals surface area contributed by atoms with Gasteiger partial charge < -0.3 is 10.6 Å². The molecule has 0 spiro atoms. The number of carbonyl (C=O) groups excluding carboxylic acids is 1. The number of nitrogens with two attached hydrogens (primary N) is 1. The topological polar surface area (TPSA) is 80.5 Å². The maximum absolute atomic E-state index is 12.1. The molecular weight excluding hydrogens is 252 g/mol. The lowest BCUT2D eigenvalue weighted by Gasteiger charge is -2.34. The second kappa shape index (κ2) is 7.09. The van der Waals surface area contributed by atoms with Crippen LogP contribution in [0.2, 0.25) is 0 Å². The van der Waals surface area contributed by atoms with E-state index in [0.717, 1.165) is 38.4 Å². The number of carbonyl (C=O) groups is 1. The van der Waals surface area contributed by atoms with Crippen molar-refractivity contribution in [3.8, 4) is 0 Å². The first-order chi connectivity index (χ1) is 8.44. The predicted octanol–water partition coefficient (Wildman–Crippen LogP) is 0.541. The van der Waals surface area contributed by atoms with Crippen molar-refractivity contribution in [3.63, 3.8) is 0 Å². The highest BCUT2D eigenvalue weighted by molar-refractivity contribution is 7.91. The lowest BCUT2D eigenvalue weighted by atomic mass is 9.94. The SMILES string of the molecule is CS(=O)(=O)CC(=O)N(CCCN)C1CCCCC1. The van der Waals surface area contributed by atoms with Crippen LogP contribution in [0.5, 0.6) is 0 Å². The molecule has 2 N–H and O–H groups in total. The van der Waals surface area contributed by atoms with E-state index in [9.17, 15) is 13.2 Å². The van der Waals surface area contributed by atoms with Crippen molar-refractivity contribution in [2.45, 2.75) is 44.6 Å². The maximum Gasteiger partial charge on any atom is 0.238 e. The Morgan fingerprint density at radius 1 is 1.28 bits per heavy atom. The monoisotopic (exact) mass is 276 g/mol. The van der Waals surface area contributed by atoms with E-state index in [1.807, 2.05) is 0 Å². The van der Waals surface area contributed by atoms with Crippen LogP contribution in [0, 0.1) is 0 Å². The molecular formula is C12H24N2O3S. The quantitative estimate of drug-likeness (QED) is 0.768. The lowest BCUT2D eigenvalue weighted by Crippen LogP contribution is -2.45. The first-order valence-corrected chi connectivity index (χ1v) is 8.67. The molecule has 0 bridgehead atoms. The summed E-state index contributed by atoms with van der Waals surface area (Å²) in [5.41, 5.74) is 5.48. The van der Waals surface area contributed by atoms with E-state index in [1.54, 1.807) is 4.90 Å². The average molecular weight is 276 g/mol. The summed E-state index contributed by atoms with van der Waals surface area (Å²) in [6.45, 7) is 1.10. The molecule has 1 aliphatic carbocycles. The summed E-state index contributed by atoms with van der Waals surface area (Å²) >= 11 is 0. The molecule has 1 fully saturated rings. The third-order valence-corrected chi connectivity index (χ3v) is 4.10. The van der Waals surface area contributed by atoms with Crippen LogP contribution in [-0.2, 0) is 14.6 Å². The van der Waals surface area contributed by atoms with Crippen LogP contribution >= 0.6 is 0 Å². The Kier molecular flexibility index (Phi) is 6.08. The van der Waals surface area contributed by atoms with Crippen molar-refractivity contribution >= 4 is 15.7 Å². The van der Waals surface area contributed by atoms with Gasteiger partial charge in [-0.1, -0.05) is 19.3 Å². The Bertz CT molecular complexity index is 362. The fraction of sp³-hybridized carbons (Fsp3) is 0.917. The lowest BCUT2D eigenvalue weighted by molar-refractivity contribution is -0.131. The molecule has 1 saturated carbocycles. The van der Waals surface area contributed by atoms with Crippen molar-refractivity contribution in [1.29, 1.82) is 0 Å². The smallest absolute Gasteiger partial charge is 0.238 e. The zero-order valence-corrected chi connectivity index (χ0v) is 11.9. The van der Waals surface area contributed by atoms with Gasteiger partial charge in [0, 0.05) is 18.8 Å². The molecule has 0 aliphatic heterocycles. The summed E-state index contributed by atoms with van der Waals surface area (Å²) < 4.78 is 22.5. The number of rotatable bonds is 6. The third kappa shape index (κ3) is 5.35. The molecule has 0 aromatic carbocycles. The van der Waals surface area contributed by atoms with Gasteiger partial charge in [-0.25, -0.2) is 8.42 Å². The highest BCUT2D eigenvalue weighted by Crippen LogP contribution is 2.23. The molecule has 18 heavy (non-hydrogen) atoms. The molecule has 0 atom stereocenters. The van der Waals surface area contributed by atoms with Crippen molar-refractivity contribution in [2.24, 2.45) is 5.73 Å². The van der Waals surface area contributed by atoms with Crippen LogP contribution in [0.4, 0.5) is 0 Å². The Labute approximate surface area is 110 Å². The molecule has 0 saturated heterocycles. The Morgan fingerprint density at radius 2 is 1.89 bits per heavy atom. The van der Waals surface area contributed by atoms with Crippen molar-refractivity contribution < 1.29 is 13.2 Å². The first kappa shape index (κ1) is 15.4. The normalized spacial score (nSPS) is 17.7. The van der Waals surface area contributed by atoms with E-state index in [4.69, 9.17) is 5.73 Å². The Balaban J connectivity index is 2.66. The highest BCUT2D eigenvalue weighted by atomic mass is 32.2.